The topological polar surface area (TPSA) is 337 Å². The van der Waals surface area contributed by atoms with Gasteiger partial charge in [0.1, 0.15) is 66.5 Å². The van der Waals surface area contributed by atoms with Gasteiger partial charge in [0.15, 0.2) is 0 Å². The van der Waals surface area contributed by atoms with E-state index in [1.54, 1.807) is 144 Å². The molecule has 0 radical (unpaired) electrons. The molecule has 2 fully saturated rings. The molecule has 3 aromatic rings. The zero-order valence-electron chi connectivity index (χ0n) is 63.3. The van der Waals surface area contributed by atoms with E-state index in [4.69, 9.17) is 0 Å². The highest BCUT2D eigenvalue weighted by atomic mass is 16.3. The van der Waals surface area contributed by atoms with E-state index in [1.807, 2.05) is 13.8 Å². The van der Waals surface area contributed by atoms with Gasteiger partial charge in [-0.25, -0.2) is 0 Å². The molecule has 566 valence electrons. The molecule has 27 heteroatoms. The van der Waals surface area contributed by atoms with E-state index in [0.29, 0.717) is 29.8 Å². The van der Waals surface area contributed by atoms with E-state index in [9.17, 15) is 43.5 Å². The Morgan fingerprint density at radius 2 is 1.03 bits per heavy atom. The molecule has 3 aromatic carbocycles. The summed E-state index contributed by atoms with van der Waals surface area (Å²) in [6.07, 6.45) is -0.170. The van der Waals surface area contributed by atoms with Gasteiger partial charge in [0.25, 0.3) is 0 Å². The highest BCUT2D eigenvalue weighted by Crippen LogP contribution is 2.23. The van der Waals surface area contributed by atoms with E-state index in [-0.39, 0.29) is 49.8 Å². The number of hydrogen-bond donors (Lipinski definition) is 7. The van der Waals surface area contributed by atoms with Crippen molar-refractivity contribution in [1.82, 2.24) is 66.2 Å². The summed E-state index contributed by atoms with van der Waals surface area (Å²) in [6.45, 7) is 18.5. The highest BCUT2D eigenvalue weighted by Gasteiger charge is 2.44. The molecule has 2 saturated heterocycles. The van der Waals surface area contributed by atoms with Crippen LogP contribution in [0.1, 0.15) is 131 Å². The lowest BCUT2D eigenvalue weighted by Gasteiger charge is -2.37. The molecule has 12 atom stereocenters. The first kappa shape index (κ1) is 84.4. The summed E-state index contributed by atoms with van der Waals surface area (Å²) < 4.78 is 0. The zero-order valence-corrected chi connectivity index (χ0v) is 63.3. The van der Waals surface area contributed by atoms with Crippen molar-refractivity contribution in [2.24, 2.45) is 23.7 Å². The van der Waals surface area contributed by atoms with Crippen LogP contribution >= 0.6 is 0 Å². The average Bonchev–Trinajstić information content (AvgIpc) is 0.838. The summed E-state index contributed by atoms with van der Waals surface area (Å²) >= 11 is 0. The monoisotopic (exact) mass is 1430 g/mol. The number of aliphatic hydroxyl groups excluding tert-OH is 1. The third-order valence-corrected chi connectivity index (χ3v) is 19.4. The van der Waals surface area contributed by atoms with Gasteiger partial charge in [0.2, 0.25) is 76.8 Å². The van der Waals surface area contributed by atoms with Crippen molar-refractivity contribution in [2.45, 2.75) is 207 Å². The van der Waals surface area contributed by atoms with Crippen LogP contribution in [0.5, 0.6) is 0 Å². The van der Waals surface area contributed by atoms with Gasteiger partial charge >= 0.3 is 0 Å². The minimum Gasteiger partial charge on any atom is -0.391 e. The van der Waals surface area contributed by atoms with E-state index in [1.165, 1.54) is 65.9 Å². The van der Waals surface area contributed by atoms with Crippen LogP contribution in [0.4, 0.5) is 0 Å². The van der Waals surface area contributed by atoms with Gasteiger partial charge in [-0.05, 0) is 93.2 Å². The van der Waals surface area contributed by atoms with Crippen LogP contribution in [0.15, 0.2) is 91.0 Å². The first-order valence-electron chi connectivity index (χ1n) is 35.9. The predicted molar refractivity (Wildman–Crippen MR) is 389 cm³/mol. The summed E-state index contributed by atoms with van der Waals surface area (Å²) in [5.74, 6) is -12.0. The molecule has 0 unspecified atom stereocenters. The molecule has 5 rings (SSSR count). The minimum absolute atomic E-state index is 0.0248. The van der Waals surface area contributed by atoms with Gasteiger partial charge in [-0.2, -0.15) is 0 Å². The standard InChI is InChI=1S/C76H113N13O14/c1-45(2)38-57-70(97)82-64(51(11)90)76(103)87(16)58(41-53-32-24-19-25-33-53)68(95)77-44-62(92)84(13)60(39-46(3)4)74(101)88(17)65(48(7)8)71(98)79-55(40-52-30-22-18-23-31-52)67(94)80-56(43-61(91)83(12)50(10)66(93)81-63(47(5)6)75(102)86(57)15)73(100)85(14)59(42-54-34-26-20-27-35-54)69(96)78-49(9)72(99)89-36-28-21-29-37-89/h18-20,22-27,30-35,45-51,55-60,63-65,90H,21,28-29,36-44H2,1-17H3,(H,77,95)(H,78,96)(H,79,98)(H,80,94)(H,81,93)(H,82,97)/t49-,50-,51+,55+,56-,57-,58-,59-,60-,63-,64-,65-/m0/s1. The maximum Gasteiger partial charge on any atom is 0.248 e. The summed E-state index contributed by atoms with van der Waals surface area (Å²) in [5, 5.41) is 27.8. The van der Waals surface area contributed by atoms with E-state index >= 15 is 24.0 Å². The molecule has 7 N–H and O–H groups in total. The molecule has 103 heavy (non-hydrogen) atoms. The molecule has 13 amide bonds. The van der Waals surface area contributed by atoms with Crippen LogP contribution in [-0.4, -0.2) is 251 Å². The van der Waals surface area contributed by atoms with E-state index < -0.39 is 168 Å². The molecule has 0 aromatic heterocycles. The molecule has 0 spiro atoms. The molecular weight excluding hydrogens is 1320 g/mol. The van der Waals surface area contributed by atoms with Crippen molar-refractivity contribution in [3.63, 3.8) is 0 Å². The molecule has 0 saturated carbocycles. The third kappa shape index (κ3) is 23.6. The van der Waals surface area contributed by atoms with Crippen molar-refractivity contribution >= 4 is 76.8 Å². The van der Waals surface area contributed by atoms with Gasteiger partial charge in [-0.15, -0.1) is 0 Å². The number of piperidine rings is 1. The number of rotatable bonds is 18. The molecule has 27 nitrogen and oxygen atoms in total. The smallest absolute Gasteiger partial charge is 0.248 e. The van der Waals surface area contributed by atoms with Crippen molar-refractivity contribution < 1.29 is 67.4 Å². The second-order valence-corrected chi connectivity index (χ2v) is 29.2. The van der Waals surface area contributed by atoms with Crippen molar-refractivity contribution in [2.75, 3.05) is 61.9 Å². The Kier molecular flexibility index (Phi) is 32.3. The van der Waals surface area contributed by atoms with E-state index in [2.05, 4.69) is 31.9 Å². The number of aliphatic hydroxyl groups is 1. The molecule has 0 aliphatic carbocycles. The number of hydrogen-bond acceptors (Lipinski definition) is 14. The van der Waals surface area contributed by atoms with Crippen LogP contribution in [0, 0.1) is 23.7 Å². The van der Waals surface area contributed by atoms with Gasteiger partial charge in [0.05, 0.1) is 19.1 Å². The number of amides is 13. The minimum atomic E-state index is -1.85. The fraction of sp³-hybridized carbons (Fsp3) is 0.592. The third-order valence-electron chi connectivity index (χ3n) is 19.4. The molecule has 2 heterocycles. The number of likely N-dealkylation sites (tertiary alicyclic amines) is 1. The Balaban J connectivity index is 1.68. The Hall–Kier alpha value is -9.27. The van der Waals surface area contributed by atoms with Crippen LogP contribution in [-0.2, 0) is 81.6 Å². The van der Waals surface area contributed by atoms with Crippen molar-refractivity contribution in [1.29, 1.82) is 0 Å². The van der Waals surface area contributed by atoms with Crippen molar-refractivity contribution in [3.8, 4) is 0 Å². The second kappa shape index (κ2) is 39.4. The summed E-state index contributed by atoms with van der Waals surface area (Å²) in [6, 6.07) is 10.6. The lowest BCUT2D eigenvalue weighted by atomic mass is 9.96. The number of carbonyl (C=O) groups is 13. The Morgan fingerprint density at radius 1 is 0.524 bits per heavy atom. The fourth-order valence-corrected chi connectivity index (χ4v) is 13.0. The average molecular weight is 1430 g/mol. The zero-order chi connectivity index (χ0) is 76.9. The lowest BCUT2D eigenvalue weighted by Crippen LogP contribution is -2.62. The van der Waals surface area contributed by atoms with Gasteiger partial charge in [0, 0.05) is 74.6 Å². The maximum atomic E-state index is 15.6. The second-order valence-electron chi connectivity index (χ2n) is 29.2. The molecular formula is C76H113N13O14. The quantitative estimate of drug-likeness (QED) is 0.0963. The van der Waals surface area contributed by atoms with Crippen molar-refractivity contribution in [3.05, 3.63) is 108 Å². The largest absolute Gasteiger partial charge is 0.391 e. The number of nitrogens with one attached hydrogen (secondary N) is 6. The number of nitrogens with zero attached hydrogens (tertiary/aromatic N) is 7. The van der Waals surface area contributed by atoms with Crippen LogP contribution in [0.25, 0.3) is 0 Å². The first-order valence-corrected chi connectivity index (χ1v) is 35.9. The number of benzene rings is 3. The molecule has 0 bridgehead atoms. The first-order chi connectivity index (χ1) is 48.5. The highest BCUT2D eigenvalue weighted by molar-refractivity contribution is 6.01. The Labute approximate surface area is 607 Å². The Bertz CT molecular complexity index is 3410. The van der Waals surface area contributed by atoms with Gasteiger partial charge < -0.3 is 71.3 Å². The summed E-state index contributed by atoms with van der Waals surface area (Å²) in [7, 11) is 8.06. The van der Waals surface area contributed by atoms with Gasteiger partial charge in [-0.1, -0.05) is 146 Å². The predicted octanol–water partition coefficient (Wildman–Crippen LogP) is 2.46. The maximum absolute atomic E-state index is 15.6. The summed E-state index contributed by atoms with van der Waals surface area (Å²) in [5.41, 5.74) is 1.77. The molecule has 2 aliphatic rings. The van der Waals surface area contributed by atoms with Crippen LogP contribution in [0.3, 0.4) is 0 Å². The number of likely N-dealkylation sites (N-methyl/N-ethyl adjacent to an activating group) is 6. The lowest BCUT2D eigenvalue weighted by molar-refractivity contribution is -0.150. The van der Waals surface area contributed by atoms with Crippen LogP contribution < -0.4 is 31.9 Å². The number of carbonyl (C=O) groups excluding carboxylic acids is 13. The Morgan fingerprint density at radius 3 is 1.55 bits per heavy atom. The fourth-order valence-electron chi connectivity index (χ4n) is 13.0. The van der Waals surface area contributed by atoms with E-state index in [0.717, 1.165) is 38.9 Å². The molecule has 2 aliphatic heterocycles. The normalized spacial score (nSPS) is 23.9. The summed E-state index contributed by atoms with van der Waals surface area (Å²) in [4.78, 5) is 201. The van der Waals surface area contributed by atoms with Crippen LogP contribution in [0.2, 0.25) is 0 Å². The van der Waals surface area contributed by atoms with Gasteiger partial charge in [-0.3, -0.25) is 62.3 Å². The SMILES string of the molecule is CC(C)C[C@H]1C(=O)N(C)[C@@H](C(C)C)C(=O)N[C@H](Cc2ccccc2)C(=O)N[C@H](C(=O)N(C)[C@@H](Cc2ccccc2)C(=O)N[C@@H](C)C(=O)N2CCCCC2)CC(=O)N(C)[C@@H](C)C(=O)N[C@@H](C(C)C)C(=O)N(C)[C@@H](CC(C)C)C(=O)N[C@@H]([C@@H](C)O)C(=O)N(C)[C@@H](Cc2ccccc2)C(=O)NCC(=O)N1C.